The molecule has 1 aromatic heterocycles. The molecule has 0 spiro atoms. The molecule has 2 aliphatic rings. The third-order valence-corrected chi connectivity index (χ3v) is 4.26. The second kappa shape index (κ2) is 5.27. The topological polar surface area (TPSA) is 43.8 Å². The third kappa shape index (κ3) is 2.66. The van der Waals surface area contributed by atoms with E-state index in [1.165, 1.54) is 49.8 Å². The monoisotopic (exact) mass is 245 g/mol. The van der Waals surface area contributed by atoms with Crippen LogP contribution in [0.4, 0.5) is 0 Å². The smallest absolute Gasteiger partial charge is 0.0665 e. The van der Waals surface area contributed by atoms with Crippen LogP contribution in [0.25, 0.3) is 0 Å². The molecule has 3 rings (SSSR count). The van der Waals surface area contributed by atoms with Crippen molar-refractivity contribution in [3.8, 4) is 0 Å². The molecule has 1 saturated carbocycles. The molecule has 1 aromatic rings. The first kappa shape index (κ1) is 12.0. The first-order chi connectivity index (χ1) is 8.81. The molecule has 1 heterocycles. The van der Waals surface area contributed by atoms with Crippen LogP contribution in [-0.2, 0) is 6.42 Å². The molecule has 1 unspecified atom stereocenters. The average Bonchev–Trinajstić information content (AvgIpc) is 2.98. The number of aromatic nitrogens is 2. The summed E-state index contributed by atoms with van der Waals surface area (Å²) in [5.41, 5.74) is 8.67. The maximum atomic E-state index is 5.98. The van der Waals surface area contributed by atoms with Crippen molar-refractivity contribution in [2.45, 2.75) is 63.5 Å². The minimum absolute atomic E-state index is 0.269. The zero-order valence-corrected chi connectivity index (χ0v) is 11.0. The Morgan fingerprint density at radius 3 is 2.83 bits per heavy atom. The standard InChI is InChI=1S/C15H23N3/c16-13-5-3-4-12(10-13)11-14-8-9-18(17-14)15-6-1-2-7-15/h8-10,13,15H,1-7,11,16H2. The van der Waals surface area contributed by atoms with Crippen LogP contribution in [0.3, 0.4) is 0 Å². The molecule has 0 bridgehead atoms. The molecule has 0 aliphatic heterocycles. The predicted molar refractivity (Wildman–Crippen MR) is 73.3 cm³/mol. The normalized spacial score (nSPS) is 25.4. The van der Waals surface area contributed by atoms with Crippen LogP contribution in [0.5, 0.6) is 0 Å². The molecule has 2 N–H and O–H groups in total. The molecule has 0 aromatic carbocycles. The quantitative estimate of drug-likeness (QED) is 0.832. The van der Waals surface area contributed by atoms with Crippen LogP contribution in [0.2, 0.25) is 0 Å². The van der Waals surface area contributed by atoms with Gasteiger partial charge in [-0.25, -0.2) is 0 Å². The summed E-state index contributed by atoms with van der Waals surface area (Å²) in [5, 5.41) is 4.75. The summed E-state index contributed by atoms with van der Waals surface area (Å²) >= 11 is 0. The van der Waals surface area contributed by atoms with Gasteiger partial charge in [0, 0.05) is 18.7 Å². The largest absolute Gasteiger partial charge is 0.324 e. The third-order valence-electron chi connectivity index (χ3n) is 4.26. The highest BCUT2D eigenvalue weighted by molar-refractivity contribution is 5.17. The molecule has 98 valence electrons. The SMILES string of the molecule is NC1C=C(Cc2ccn(C3CCCC3)n2)CCC1. The van der Waals surface area contributed by atoms with Crippen molar-refractivity contribution >= 4 is 0 Å². The minimum Gasteiger partial charge on any atom is -0.324 e. The van der Waals surface area contributed by atoms with E-state index in [0.717, 1.165) is 12.8 Å². The Morgan fingerprint density at radius 1 is 1.22 bits per heavy atom. The molecule has 2 aliphatic carbocycles. The van der Waals surface area contributed by atoms with Gasteiger partial charge in [-0.1, -0.05) is 24.5 Å². The van der Waals surface area contributed by atoms with Crippen LogP contribution < -0.4 is 5.73 Å². The van der Waals surface area contributed by atoms with Crippen LogP contribution >= 0.6 is 0 Å². The van der Waals surface area contributed by atoms with Gasteiger partial charge in [0.1, 0.15) is 0 Å². The van der Waals surface area contributed by atoms with Gasteiger partial charge in [0.15, 0.2) is 0 Å². The van der Waals surface area contributed by atoms with E-state index in [1.807, 2.05) is 0 Å². The van der Waals surface area contributed by atoms with E-state index in [1.54, 1.807) is 0 Å². The first-order valence-corrected chi connectivity index (χ1v) is 7.30. The summed E-state index contributed by atoms with van der Waals surface area (Å²) in [6.45, 7) is 0. The highest BCUT2D eigenvalue weighted by atomic mass is 15.3. The van der Waals surface area contributed by atoms with Crippen LogP contribution in [0.1, 0.15) is 56.7 Å². The summed E-state index contributed by atoms with van der Waals surface area (Å²) < 4.78 is 2.19. The molecular formula is C15H23N3. The van der Waals surface area contributed by atoms with Gasteiger partial charge in [-0.2, -0.15) is 5.10 Å². The first-order valence-electron chi connectivity index (χ1n) is 7.30. The minimum atomic E-state index is 0.269. The van der Waals surface area contributed by atoms with E-state index in [2.05, 4.69) is 23.0 Å². The van der Waals surface area contributed by atoms with Gasteiger partial charge in [-0.15, -0.1) is 0 Å². The summed E-state index contributed by atoms with van der Waals surface area (Å²) in [6, 6.07) is 3.10. The number of allylic oxidation sites excluding steroid dienone is 1. The van der Waals surface area contributed by atoms with Crippen LogP contribution in [0.15, 0.2) is 23.9 Å². The summed E-state index contributed by atoms with van der Waals surface area (Å²) in [5.74, 6) is 0. The van der Waals surface area contributed by atoms with Gasteiger partial charge in [-0.3, -0.25) is 4.68 Å². The van der Waals surface area contributed by atoms with Crippen molar-refractivity contribution in [1.82, 2.24) is 9.78 Å². The fraction of sp³-hybridized carbons (Fsp3) is 0.667. The van der Waals surface area contributed by atoms with E-state index in [-0.39, 0.29) is 6.04 Å². The van der Waals surface area contributed by atoms with Crippen molar-refractivity contribution < 1.29 is 0 Å². The molecule has 0 radical (unpaired) electrons. The zero-order valence-electron chi connectivity index (χ0n) is 11.0. The Balaban J connectivity index is 1.66. The van der Waals surface area contributed by atoms with Gasteiger partial charge in [0.05, 0.1) is 11.7 Å². The Labute approximate surface area is 109 Å². The zero-order chi connectivity index (χ0) is 12.4. The molecular weight excluding hydrogens is 222 g/mol. The number of hydrogen-bond acceptors (Lipinski definition) is 2. The molecule has 1 atom stereocenters. The second-order valence-corrected chi connectivity index (χ2v) is 5.78. The predicted octanol–water partition coefficient (Wildman–Crippen LogP) is 2.98. The maximum absolute atomic E-state index is 5.98. The average molecular weight is 245 g/mol. The Bertz CT molecular complexity index is 427. The highest BCUT2D eigenvalue weighted by Crippen LogP contribution is 2.29. The fourth-order valence-corrected chi connectivity index (χ4v) is 3.26. The Hall–Kier alpha value is -1.09. The number of hydrogen-bond donors (Lipinski definition) is 1. The molecule has 3 heteroatoms. The number of nitrogens with zero attached hydrogens (tertiary/aromatic N) is 2. The molecule has 1 fully saturated rings. The van der Waals surface area contributed by atoms with Crippen molar-refractivity contribution in [2.75, 3.05) is 0 Å². The lowest BCUT2D eigenvalue weighted by atomic mass is 9.93. The maximum Gasteiger partial charge on any atom is 0.0665 e. The van der Waals surface area contributed by atoms with Gasteiger partial charge < -0.3 is 5.73 Å². The van der Waals surface area contributed by atoms with E-state index in [4.69, 9.17) is 10.8 Å². The molecule has 0 saturated heterocycles. The lowest BCUT2D eigenvalue weighted by Gasteiger charge is -2.17. The molecule has 0 amide bonds. The van der Waals surface area contributed by atoms with Gasteiger partial charge in [0.2, 0.25) is 0 Å². The van der Waals surface area contributed by atoms with Crippen LogP contribution in [-0.4, -0.2) is 15.8 Å². The molecule has 3 nitrogen and oxygen atoms in total. The molecule has 18 heavy (non-hydrogen) atoms. The fourth-order valence-electron chi connectivity index (χ4n) is 3.26. The van der Waals surface area contributed by atoms with Crippen LogP contribution in [0, 0.1) is 0 Å². The number of rotatable bonds is 3. The van der Waals surface area contributed by atoms with Gasteiger partial charge in [-0.05, 0) is 38.2 Å². The highest BCUT2D eigenvalue weighted by Gasteiger charge is 2.18. The lowest BCUT2D eigenvalue weighted by Crippen LogP contribution is -2.20. The van der Waals surface area contributed by atoms with Crippen molar-refractivity contribution in [2.24, 2.45) is 5.73 Å². The second-order valence-electron chi connectivity index (χ2n) is 5.78. The Kier molecular flexibility index (Phi) is 3.50. The van der Waals surface area contributed by atoms with E-state index < -0.39 is 0 Å². The van der Waals surface area contributed by atoms with Gasteiger partial charge in [0.25, 0.3) is 0 Å². The number of nitrogens with two attached hydrogens (primary N) is 1. The lowest BCUT2D eigenvalue weighted by molar-refractivity contribution is 0.463. The summed E-state index contributed by atoms with van der Waals surface area (Å²) in [4.78, 5) is 0. The van der Waals surface area contributed by atoms with Crippen molar-refractivity contribution in [3.05, 3.63) is 29.6 Å². The summed E-state index contributed by atoms with van der Waals surface area (Å²) in [7, 11) is 0. The van der Waals surface area contributed by atoms with Gasteiger partial charge >= 0.3 is 0 Å². The summed E-state index contributed by atoms with van der Waals surface area (Å²) in [6.07, 6.45) is 14.3. The van der Waals surface area contributed by atoms with E-state index >= 15 is 0 Å². The Morgan fingerprint density at radius 2 is 2.06 bits per heavy atom. The van der Waals surface area contributed by atoms with Crippen molar-refractivity contribution in [1.29, 1.82) is 0 Å². The van der Waals surface area contributed by atoms with E-state index in [9.17, 15) is 0 Å². The van der Waals surface area contributed by atoms with Crippen molar-refractivity contribution in [3.63, 3.8) is 0 Å². The van der Waals surface area contributed by atoms with E-state index in [0.29, 0.717) is 6.04 Å².